The van der Waals surface area contributed by atoms with Crippen LogP contribution in [0.25, 0.3) is 0 Å². The second-order valence-electron chi connectivity index (χ2n) is 6.13. The molecule has 130 valence electrons. The van der Waals surface area contributed by atoms with Gasteiger partial charge in [-0.3, -0.25) is 4.79 Å². The first-order valence-corrected chi connectivity index (χ1v) is 8.33. The number of benzene rings is 2. The summed E-state index contributed by atoms with van der Waals surface area (Å²) in [4.78, 5) is 26.0. The van der Waals surface area contributed by atoms with E-state index in [0.717, 1.165) is 22.4 Å². The van der Waals surface area contributed by atoms with Crippen LogP contribution < -0.4 is 4.74 Å². The monoisotopic (exact) mass is 339 g/mol. The Balaban J connectivity index is 1.74. The van der Waals surface area contributed by atoms with E-state index in [1.54, 1.807) is 13.2 Å². The zero-order valence-electron chi connectivity index (χ0n) is 14.1. The lowest BCUT2D eigenvalue weighted by Crippen LogP contribution is -2.43. The lowest BCUT2D eigenvalue weighted by molar-refractivity contribution is -0.151. The molecule has 2 aromatic carbocycles. The zero-order valence-corrected chi connectivity index (χ0v) is 14.1. The number of carboxylic acids is 1. The SMILES string of the molecule is COc1cccc(CCC(=O)N2CCc3ccccc3C2C(=O)O)c1. The topological polar surface area (TPSA) is 66.8 Å². The molecule has 5 heteroatoms. The Morgan fingerprint density at radius 3 is 2.76 bits per heavy atom. The second-order valence-corrected chi connectivity index (χ2v) is 6.13. The summed E-state index contributed by atoms with van der Waals surface area (Å²) < 4.78 is 5.19. The van der Waals surface area contributed by atoms with Crippen LogP contribution in [0.3, 0.4) is 0 Å². The van der Waals surface area contributed by atoms with Crippen LogP contribution in [0.15, 0.2) is 48.5 Å². The number of aliphatic carboxylic acids is 1. The van der Waals surface area contributed by atoms with Gasteiger partial charge in [0.05, 0.1) is 7.11 Å². The van der Waals surface area contributed by atoms with Gasteiger partial charge in [-0.2, -0.15) is 0 Å². The number of fused-ring (bicyclic) bond motifs is 1. The maximum absolute atomic E-state index is 12.7. The molecule has 0 radical (unpaired) electrons. The van der Waals surface area contributed by atoms with Crippen LogP contribution in [0, 0.1) is 0 Å². The van der Waals surface area contributed by atoms with Crippen molar-refractivity contribution in [1.82, 2.24) is 4.90 Å². The van der Waals surface area contributed by atoms with Crippen LogP contribution in [0.4, 0.5) is 0 Å². The molecule has 0 saturated carbocycles. The number of nitrogens with zero attached hydrogens (tertiary/aromatic N) is 1. The highest BCUT2D eigenvalue weighted by Gasteiger charge is 2.35. The molecule has 0 fully saturated rings. The largest absolute Gasteiger partial charge is 0.497 e. The van der Waals surface area contributed by atoms with E-state index >= 15 is 0 Å². The van der Waals surface area contributed by atoms with Gasteiger partial charge in [0, 0.05) is 13.0 Å². The van der Waals surface area contributed by atoms with Crippen LogP contribution in [-0.4, -0.2) is 35.5 Å². The highest BCUT2D eigenvalue weighted by molar-refractivity contribution is 5.85. The average molecular weight is 339 g/mol. The lowest BCUT2D eigenvalue weighted by atomic mass is 9.92. The predicted molar refractivity (Wildman–Crippen MR) is 93.6 cm³/mol. The van der Waals surface area contributed by atoms with Gasteiger partial charge in [-0.1, -0.05) is 36.4 Å². The Kier molecular flexibility index (Phi) is 5.03. The zero-order chi connectivity index (χ0) is 17.8. The fourth-order valence-corrected chi connectivity index (χ4v) is 3.32. The van der Waals surface area contributed by atoms with E-state index in [0.29, 0.717) is 19.4 Å². The van der Waals surface area contributed by atoms with Crippen molar-refractivity contribution in [2.75, 3.05) is 13.7 Å². The molecule has 0 spiro atoms. The summed E-state index contributed by atoms with van der Waals surface area (Å²) in [5.74, 6) is -0.369. The van der Waals surface area contributed by atoms with E-state index in [2.05, 4.69) is 0 Å². The van der Waals surface area contributed by atoms with Gasteiger partial charge in [-0.25, -0.2) is 4.79 Å². The van der Waals surface area contributed by atoms with Crippen LogP contribution in [0.2, 0.25) is 0 Å². The molecule has 1 N–H and O–H groups in total. The van der Waals surface area contributed by atoms with Crippen molar-refractivity contribution in [1.29, 1.82) is 0 Å². The summed E-state index contributed by atoms with van der Waals surface area (Å²) in [5, 5.41) is 9.65. The van der Waals surface area contributed by atoms with Gasteiger partial charge < -0.3 is 14.7 Å². The van der Waals surface area contributed by atoms with Crippen LogP contribution in [0.5, 0.6) is 5.75 Å². The van der Waals surface area contributed by atoms with Crippen molar-refractivity contribution in [3.05, 3.63) is 65.2 Å². The van der Waals surface area contributed by atoms with Gasteiger partial charge in [0.15, 0.2) is 6.04 Å². The minimum Gasteiger partial charge on any atom is -0.497 e. The molecule has 0 bridgehead atoms. The minimum absolute atomic E-state index is 0.135. The standard InChI is InChI=1S/C20H21NO4/c1-25-16-7-4-5-14(13-16)9-10-18(22)21-12-11-15-6-2-3-8-17(15)19(21)20(23)24/h2-8,13,19H,9-12H2,1H3,(H,23,24). The summed E-state index contributed by atoms with van der Waals surface area (Å²) >= 11 is 0. The molecule has 3 rings (SSSR count). The van der Waals surface area contributed by atoms with Crippen molar-refractivity contribution in [3.8, 4) is 5.75 Å². The summed E-state index contributed by atoms with van der Waals surface area (Å²) in [6.45, 7) is 0.435. The Labute approximate surface area is 146 Å². The Hall–Kier alpha value is -2.82. The van der Waals surface area contributed by atoms with E-state index in [1.807, 2.05) is 42.5 Å². The molecule has 1 heterocycles. The van der Waals surface area contributed by atoms with E-state index < -0.39 is 12.0 Å². The number of carboxylic acid groups (broad SMARTS) is 1. The molecule has 25 heavy (non-hydrogen) atoms. The lowest BCUT2D eigenvalue weighted by Gasteiger charge is -2.34. The third kappa shape index (κ3) is 3.65. The van der Waals surface area contributed by atoms with E-state index in [1.165, 1.54) is 4.90 Å². The first-order chi connectivity index (χ1) is 12.1. The van der Waals surface area contributed by atoms with Gasteiger partial charge in [0.25, 0.3) is 0 Å². The van der Waals surface area contributed by atoms with E-state index in [-0.39, 0.29) is 12.3 Å². The summed E-state index contributed by atoms with van der Waals surface area (Å²) in [6, 6.07) is 14.1. The highest BCUT2D eigenvalue weighted by atomic mass is 16.5. The number of hydrogen-bond donors (Lipinski definition) is 1. The van der Waals surface area contributed by atoms with Crippen LogP contribution >= 0.6 is 0 Å². The number of methoxy groups -OCH3 is 1. The fourth-order valence-electron chi connectivity index (χ4n) is 3.32. The first kappa shape index (κ1) is 17.0. The molecule has 5 nitrogen and oxygen atoms in total. The van der Waals surface area contributed by atoms with Gasteiger partial charge in [-0.05, 0) is 41.7 Å². The molecule has 2 aromatic rings. The number of carbonyl (C=O) groups is 2. The van der Waals surface area contributed by atoms with Crippen LogP contribution in [0.1, 0.15) is 29.2 Å². The van der Waals surface area contributed by atoms with Crippen molar-refractivity contribution >= 4 is 11.9 Å². The molecule has 0 saturated heterocycles. The summed E-state index contributed by atoms with van der Waals surface area (Å²) in [6.07, 6.45) is 1.52. The molecule has 1 amide bonds. The molecule has 0 aliphatic carbocycles. The first-order valence-electron chi connectivity index (χ1n) is 8.33. The minimum atomic E-state index is -0.984. The summed E-state index contributed by atoms with van der Waals surface area (Å²) in [7, 11) is 1.60. The third-order valence-electron chi connectivity index (χ3n) is 4.60. The molecule has 1 unspecified atom stereocenters. The Morgan fingerprint density at radius 1 is 1.20 bits per heavy atom. The molecular weight excluding hydrogens is 318 g/mol. The number of rotatable bonds is 5. The molecular formula is C20H21NO4. The quantitative estimate of drug-likeness (QED) is 0.910. The Bertz CT molecular complexity index is 787. The predicted octanol–water partition coefficient (Wildman–Crippen LogP) is 2.84. The highest BCUT2D eigenvalue weighted by Crippen LogP contribution is 2.30. The molecule has 1 aliphatic heterocycles. The number of carbonyl (C=O) groups excluding carboxylic acids is 1. The molecule has 0 aromatic heterocycles. The number of ether oxygens (including phenoxy) is 1. The third-order valence-corrected chi connectivity index (χ3v) is 4.60. The van der Waals surface area contributed by atoms with E-state index in [9.17, 15) is 14.7 Å². The number of amides is 1. The van der Waals surface area contributed by atoms with Gasteiger partial charge >= 0.3 is 5.97 Å². The van der Waals surface area contributed by atoms with E-state index in [4.69, 9.17) is 4.74 Å². The molecule has 1 atom stereocenters. The number of hydrogen-bond acceptors (Lipinski definition) is 3. The number of aryl methyl sites for hydroxylation is 1. The van der Waals surface area contributed by atoms with Crippen molar-refractivity contribution < 1.29 is 19.4 Å². The summed E-state index contributed by atoms with van der Waals surface area (Å²) in [5.41, 5.74) is 2.72. The normalized spacial score (nSPS) is 16.2. The maximum Gasteiger partial charge on any atom is 0.331 e. The second kappa shape index (κ2) is 7.38. The van der Waals surface area contributed by atoms with Crippen LogP contribution in [-0.2, 0) is 22.4 Å². The fraction of sp³-hybridized carbons (Fsp3) is 0.300. The van der Waals surface area contributed by atoms with Crippen molar-refractivity contribution in [2.45, 2.75) is 25.3 Å². The Morgan fingerprint density at radius 2 is 2.00 bits per heavy atom. The average Bonchev–Trinajstić information content (AvgIpc) is 2.65. The van der Waals surface area contributed by atoms with Gasteiger partial charge in [0.2, 0.25) is 5.91 Å². The van der Waals surface area contributed by atoms with Crippen molar-refractivity contribution in [3.63, 3.8) is 0 Å². The van der Waals surface area contributed by atoms with Gasteiger partial charge in [0.1, 0.15) is 5.75 Å². The smallest absolute Gasteiger partial charge is 0.331 e. The van der Waals surface area contributed by atoms with Crippen molar-refractivity contribution in [2.24, 2.45) is 0 Å². The molecule has 1 aliphatic rings. The van der Waals surface area contributed by atoms with Gasteiger partial charge in [-0.15, -0.1) is 0 Å². The maximum atomic E-state index is 12.7.